The van der Waals surface area contributed by atoms with Crippen LogP contribution in [0.5, 0.6) is 0 Å². The molecule has 0 saturated carbocycles. The fraction of sp³-hybridized carbons (Fsp3) is 0.429. The summed E-state index contributed by atoms with van der Waals surface area (Å²) in [5.41, 5.74) is 10.1. The number of benzene rings is 1. The molecule has 0 fully saturated rings. The topological polar surface area (TPSA) is 97.1 Å². The van der Waals surface area contributed by atoms with Gasteiger partial charge in [0, 0.05) is 24.9 Å². The summed E-state index contributed by atoms with van der Waals surface area (Å²) in [5.74, 6) is -0.873. The SMILES string of the molecule is CCOC(=O)/C=C/c1cc(/C=C/C(=O)OCC)c(CCOCOC)c(C)c1N. The van der Waals surface area contributed by atoms with E-state index in [9.17, 15) is 9.59 Å². The molecule has 0 aliphatic carbocycles. The molecule has 28 heavy (non-hydrogen) atoms. The fourth-order valence-electron chi connectivity index (χ4n) is 2.56. The van der Waals surface area contributed by atoms with Crippen molar-refractivity contribution in [2.75, 3.05) is 39.5 Å². The Kier molecular flexibility index (Phi) is 10.6. The van der Waals surface area contributed by atoms with E-state index in [1.807, 2.05) is 13.0 Å². The second-order valence-corrected chi connectivity index (χ2v) is 5.81. The molecule has 0 heterocycles. The average molecular weight is 391 g/mol. The van der Waals surface area contributed by atoms with Gasteiger partial charge in [-0.15, -0.1) is 0 Å². The summed E-state index contributed by atoms with van der Waals surface area (Å²) in [6.07, 6.45) is 6.57. The van der Waals surface area contributed by atoms with Crippen LogP contribution in [0.25, 0.3) is 12.2 Å². The Hall–Kier alpha value is -2.64. The zero-order valence-corrected chi connectivity index (χ0v) is 16.9. The lowest BCUT2D eigenvalue weighted by molar-refractivity contribution is -0.138. The average Bonchev–Trinajstić information content (AvgIpc) is 2.67. The zero-order valence-electron chi connectivity index (χ0n) is 16.9. The van der Waals surface area contributed by atoms with Gasteiger partial charge in [0.1, 0.15) is 6.79 Å². The summed E-state index contributed by atoms with van der Waals surface area (Å²) >= 11 is 0. The van der Waals surface area contributed by atoms with Gasteiger partial charge in [-0.05, 0) is 67.7 Å². The molecule has 0 atom stereocenters. The smallest absolute Gasteiger partial charge is 0.330 e. The fourth-order valence-corrected chi connectivity index (χ4v) is 2.56. The van der Waals surface area contributed by atoms with Crippen molar-refractivity contribution >= 4 is 29.8 Å². The quantitative estimate of drug-likeness (QED) is 0.204. The van der Waals surface area contributed by atoms with E-state index in [-0.39, 0.29) is 6.79 Å². The Balaban J connectivity index is 3.23. The minimum atomic E-state index is -0.444. The van der Waals surface area contributed by atoms with Gasteiger partial charge in [0.25, 0.3) is 0 Å². The molecule has 0 radical (unpaired) electrons. The number of rotatable bonds is 11. The van der Waals surface area contributed by atoms with Crippen LogP contribution < -0.4 is 5.73 Å². The third-order valence-electron chi connectivity index (χ3n) is 3.90. The molecule has 0 amide bonds. The molecule has 0 aliphatic rings. The van der Waals surface area contributed by atoms with E-state index >= 15 is 0 Å². The Morgan fingerprint density at radius 1 is 1.04 bits per heavy atom. The lowest BCUT2D eigenvalue weighted by Crippen LogP contribution is -2.07. The predicted octanol–water partition coefficient (Wildman–Crippen LogP) is 2.89. The summed E-state index contributed by atoms with van der Waals surface area (Å²) in [6, 6.07) is 1.82. The first-order chi connectivity index (χ1) is 13.4. The van der Waals surface area contributed by atoms with Gasteiger partial charge in [-0.2, -0.15) is 0 Å². The molecular formula is C21H29NO6. The Morgan fingerprint density at radius 3 is 2.14 bits per heavy atom. The highest BCUT2D eigenvalue weighted by atomic mass is 16.7. The number of carbonyl (C=O) groups is 2. The van der Waals surface area contributed by atoms with Crippen LogP contribution in [0.1, 0.15) is 36.1 Å². The minimum Gasteiger partial charge on any atom is -0.463 e. The number of hydrogen-bond donors (Lipinski definition) is 1. The van der Waals surface area contributed by atoms with Gasteiger partial charge in [-0.25, -0.2) is 9.59 Å². The Labute approximate surface area is 166 Å². The van der Waals surface area contributed by atoms with E-state index in [0.717, 1.165) is 16.7 Å². The van der Waals surface area contributed by atoms with Crippen molar-refractivity contribution in [3.05, 3.63) is 40.5 Å². The van der Waals surface area contributed by atoms with Crippen LogP contribution in [-0.2, 0) is 35.0 Å². The Bertz CT molecular complexity index is 724. The molecule has 7 nitrogen and oxygen atoms in total. The number of anilines is 1. The molecule has 0 saturated heterocycles. The van der Waals surface area contributed by atoms with Gasteiger partial charge in [0.2, 0.25) is 0 Å². The molecule has 1 aromatic rings. The van der Waals surface area contributed by atoms with Crippen LogP contribution >= 0.6 is 0 Å². The van der Waals surface area contributed by atoms with E-state index in [4.69, 9.17) is 24.7 Å². The van der Waals surface area contributed by atoms with Gasteiger partial charge in [-0.1, -0.05) is 0 Å². The van der Waals surface area contributed by atoms with E-state index in [1.54, 1.807) is 33.1 Å². The Morgan fingerprint density at radius 2 is 1.61 bits per heavy atom. The summed E-state index contributed by atoms with van der Waals surface area (Å²) in [4.78, 5) is 23.3. The van der Waals surface area contributed by atoms with Gasteiger partial charge in [0.15, 0.2) is 0 Å². The predicted molar refractivity (Wildman–Crippen MR) is 108 cm³/mol. The van der Waals surface area contributed by atoms with Crippen molar-refractivity contribution < 1.29 is 28.5 Å². The molecule has 0 bridgehead atoms. The van der Waals surface area contributed by atoms with Crippen LogP contribution in [0.15, 0.2) is 18.2 Å². The lowest BCUT2D eigenvalue weighted by Gasteiger charge is -2.15. The van der Waals surface area contributed by atoms with Gasteiger partial charge >= 0.3 is 11.9 Å². The molecule has 2 N–H and O–H groups in total. The first-order valence-electron chi connectivity index (χ1n) is 9.12. The molecule has 1 aromatic carbocycles. The van der Waals surface area contributed by atoms with Gasteiger partial charge < -0.3 is 24.7 Å². The van der Waals surface area contributed by atoms with Crippen molar-refractivity contribution in [1.29, 1.82) is 0 Å². The number of methoxy groups -OCH3 is 1. The van der Waals surface area contributed by atoms with Gasteiger partial charge in [0.05, 0.1) is 19.8 Å². The largest absolute Gasteiger partial charge is 0.463 e. The first-order valence-corrected chi connectivity index (χ1v) is 9.12. The lowest BCUT2D eigenvalue weighted by atomic mass is 9.93. The molecule has 0 aliphatic heterocycles. The number of nitrogen functional groups attached to an aromatic ring is 1. The minimum absolute atomic E-state index is 0.197. The number of carbonyl (C=O) groups excluding carboxylic acids is 2. The van der Waals surface area contributed by atoms with E-state index in [1.165, 1.54) is 12.2 Å². The molecule has 7 heteroatoms. The van der Waals surface area contributed by atoms with E-state index in [0.29, 0.717) is 37.5 Å². The highest BCUT2D eigenvalue weighted by Gasteiger charge is 2.12. The number of nitrogens with two attached hydrogens (primary N) is 1. The van der Waals surface area contributed by atoms with E-state index in [2.05, 4.69) is 0 Å². The maximum absolute atomic E-state index is 11.7. The van der Waals surface area contributed by atoms with Crippen molar-refractivity contribution in [2.24, 2.45) is 0 Å². The highest BCUT2D eigenvalue weighted by Crippen LogP contribution is 2.28. The van der Waals surface area contributed by atoms with Gasteiger partial charge in [-0.3, -0.25) is 0 Å². The van der Waals surface area contributed by atoms with Crippen LogP contribution in [0.3, 0.4) is 0 Å². The highest BCUT2D eigenvalue weighted by molar-refractivity contribution is 5.90. The van der Waals surface area contributed by atoms with Crippen molar-refractivity contribution in [2.45, 2.75) is 27.2 Å². The second-order valence-electron chi connectivity index (χ2n) is 5.81. The van der Waals surface area contributed by atoms with Crippen molar-refractivity contribution in [3.63, 3.8) is 0 Å². The van der Waals surface area contributed by atoms with Crippen molar-refractivity contribution in [3.8, 4) is 0 Å². The molecular weight excluding hydrogens is 362 g/mol. The summed E-state index contributed by atoms with van der Waals surface area (Å²) in [7, 11) is 1.56. The van der Waals surface area contributed by atoms with Crippen LogP contribution in [-0.4, -0.2) is 45.7 Å². The zero-order chi connectivity index (χ0) is 20.9. The molecule has 0 aromatic heterocycles. The van der Waals surface area contributed by atoms with Crippen LogP contribution in [0.2, 0.25) is 0 Å². The third kappa shape index (κ3) is 7.54. The van der Waals surface area contributed by atoms with E-state index < -0.39 is 11.9 Å². The molecule has 0 unspecified atom stereocenters. The summed E-state index contributed by atoms with van der Waals surface area (Å²) in [6.45, 7) is 6.61. The third-order valence-corrected chi connectivity index (χ3v) is 3.90. The monoisotopic (exact) mass is 391 g/mol. The first kappa shape index (κ1) is 23.4. The number of hydrogen-bond acceptors (Lipinski definition) is 7. The number of ether oxygens (including phenoxy) is 4. The summed E-state index contributed by atoms with van der Waals surface area (Å²) in [5, 5.41) is 0. The standard InChI is InChI=1S/C21H29NO6/c1-5-27-19(23)9-7-16-13-17(8-10-20(24)28-6-2)21(22)15(3)18(16)11-12-26-14-25-4/h7-10,13H,5-6,11-12,14,22H2,1-4H3/b9-7+,10-8+. The van der Waals surface area contributed by atoms with Crippen LogP contribution in [0.4, 0.5) is 5.69 Å². The summed E-state index contributed by atoms with van der Waals surface area (Å²) < 4.78 is 20.1. The second kappa shape index (κ2) is 12.7. The molecule has 154 valence electrons. The maximum atomic E-state index is 11.7. The number of esters is 2. The molecule has 1 rings (SSSR count). The maximum Gasteiger partial charge on any atom is 0.330 e. The normalized spacial score (nSPS) is 11.3. The van der Waals surface area contributed by atoms with Crippen LogP contribution in [0, 0.1) is 6.92 Å². The molecule has 0 spiro atoms. The van der Waals surface area contributed by atoms with Crippen molar-refractivity contribution in [1.82, 2.24) is 0 Å².